The van der Waals surface area contributed by atoms with Gasteiger partial charge in [0.1, 0.15) is 5.75 Å². The van der Waals surface area contributed by atoms with E-state index in [1.54, 1.807) is 18.4 Å². The number of benzene rings is 1. The maximum atomic E-state index is 6.31. The average Bonchev–Trinajstić information content (AvgIpc) is 2.90. The van der Waals surface area contributed by atoms with Gasteiger partial charge in [-0.2, -0.15) is 0 Å². The van der Waals surface area contributed by atoms with Crippen molar-refractivity contribution in [3.8, 4) is 5.75 Å². The van der Waals surface area contributed by atoms with Gasteiger partial charge in [-0.25, -0.2) is 0 Å². The van der Waals surface area contributed by atoms with E-state index < -0.39 is 0 Å². The van der Waals surface area contributed by atoms with Crippen LogP contribution in [0.15, 0.2) is 34.1 Å². The van der Waals surface area contributed by atoms with Crippen LogP contribution in [0.4, 0.5) is 0 Å². The van der Waals surface area contributed by atoms with E-state index in [2.05, 4.69) is 34.2 Å². The Hall–Kier alpha value is -0.550. The third-order valence-corrected chi connectivity index (χ3v) is 5.23. The Kier molecular flexibility index (Phi) is 6.55. The molecule has 0 spiro atoms. The number of halogens is 2. The summed E-state index contributed by atoms with van der Waals surface area (Å²) in [6.45, 7) is 3.13. The highest BCUT2D eigenvalue weighted by molar-refractivity contribution is 9.10. The molecule has 0 saturated carbocycles. The second-order valence-corrected chi connectivity index (χ2v) is 7.07. The van der Waals surface area contributed by atoms with E-state index in [1.807, 2.05) is 23.6 Å². The van der Waals surface area contributed by atoms with E-state index in [-0.39, 0.29) is 6.04 Å². The second kappa shape index (κ2) is 8.18. The number of nitrogens with one attached hydrogen (secondary N) is 1. The first-order valence-electron chi connectivity index (χ1n) is 6.94. The Bertz CT molecular complexity index is 587. The van der Waals surface area contributed by atoms with Crippen LogP contribution in [0, 0.1) is 0 Å². The van der Waals surface area contributed by atoms with Gasteiger partial charge in [-0.3, -0.25) is 0 Å². The van der Waals surface area contributed by atoms with Gasteiger partial charge in [0, 0.05) is 15.4 Å². The number of thiophene rings is 1. The van der Waals surface area contributed by atoms with Gasteiger partial charge in [0.2, 0.25) is 0 Å². The van der Waals surface area contributed by atoms with Crippen molar-refractivity contribution in [1.82, 2.24) is 5.32 Å². The zero-order valence-corrected chi connectivity index (χ0v) is 15.3. The van der Waals surface area contributed by atoms with Gasteiger partial charge in [-0.15, -0.1) is 11.3 Å². The van der Waals surface area contributed by atoms with Crippen molar-refractivity contribution in [2.75, 3.05) is 13.7 Å². The highest BCUT2D eigenvalue weighted by atomic mass is 79.9. The summed E-state index contributed by atoms with van der Waals surface area (Å²) in [7, 11) is 1.71. The number of hydrogen-bond donors (Lipinski definition) is 1. The van der Waals surface area contributed by atoms with Gasteiger partial charge in [0.25, 0.3) is 0 Å². The van der Waals surface area contributed by atoms with Crippen molar-refractivity contribution >= 4 is 38.9 Å². The van der Waals surface area contributed by atoms with E-state index in [0.717, 1.165) is 34.6 Å². The molecule has 0 amide bonds. The lowest BCUT2D eigenvalue weighted by molar-refractivity contribution is 0.405. The molecular formula is C16H19BrClNOS. The fourth-order valence-corrected chi connectivity index (χ4v) is 3.93. The third kappa shape index (κ3) is 4.46. The number of ether oxygens (including phenoxy) is 1. The van der Waals surface area contributed by atoms with Crippen molar-refractivity contribution < 1.29 is 4.74 Å². The van der Waals surface area contributed by atoms with E-state index >= 15 is 0 Å². The summed E-state index contributed by atoms with van der Waals surface area (Å²) in [6, 6.07) is 8.27. The molecule has 0 bridgehead atoms. The normalized spacial score (nSPS) is 12.4. The molecule has 1 aromatic heterocycles. The lowest BCUT2D eigenvalue weighted by Crippen LogP contribution is -2.23. The molecule has 0 aliphatic carbocycles. The van der Waals surface area contributed by atoms with Crippen LogP contribution in [0.1, 0.15) is 29.8 Å². The lowest BCUT2D eigenvalue weighted by atomic mass is 10.0. The zero-order chi connectivity index (χ0) is 15.2. The highest BCUT2D eigenvalue weighted by Crippen LogP contribution is 2.33. The molecule has 0 saturated heterocycles. The molecule has 1 atom stereocenters. The Morgan fingerprint density at radius 3 is 2.81 bits per heavy atom. The molecular weight excluding hydrogens is 370 g/mol. The van der Waals surface area contributed by atoms with Gasteiger partial charge in [-0.05, 0) is 54.6 Å². The molecule has 5 heteroatoms. The van der Waals surface area contributed by atoms with Crippen LogP contribution in [-0.2, 0) is 6.42 Å². The predicted octanol–water partition coefficient (Wildman–Crippen LogP) is 5.46. The summed E-state index contributed by atoms with van der Waals surface area (Å²) in [5.74, 6) is 0.911. The highest BCUT2D eigenvalue weighted by Gasteiger charge is 2.18. The van der Waals surface area contributed by atoms with Crippen molar-refractivity contribution in [2.45, 2.75) is 25.8 Å². The average molecular weight is 389 g/mol. The van der Waals surface area contributed by atoms with Gasteiger partial charge in [-0.1, -0.05) is 34.5 Å². The van der Waals surface area contributed by atoms with Crippen LogP contribution in [-0.4, -0.2) is 13.7 Å². The molecule has 114 valence electrons. The summed E-state index contributed by atoms with van der Waals surface area (Å²) in [4.78, 5) is 1.19. The quantitative estimate of drug-likeness (QED) is 0.680. The first kappa shape index (κ1) is 16.8. The molecule has 21 heavy (non-hydrogen) atoms. The largest absolute Gasteiger partial charge is 0.496 e. The minimum atomic E-state index is 0.209. The summed E-state index contributed by atoms with van der Waals surface area (Å²) < 4.78 is 6.54. The first-order chi connectivity index (χ1) is 10.2. The van der Waals surface area contributed by atoms with Crippen LogP contribution in [0.25, 0.3) is 0 Å². The standard InChI is InChI=1S/C16H19BrClNOS/c1-3-7-19-14(16-13(18)6-8-21-16)10-11-9-12(17)4-5-15(11)20-2/h4-6,8-9,14,19H,3,7,10H2,1-2H3. The Labute approximate surface area is 143 Å². The minimum Gasteiger partial charge on any atom is -0.496 e. The van der Waals surface area contributed by atoms with Crippen LogP contribution in [0.5, 0.6) is 5.75 Å². The molecule has 0 aliphatic heterocycles. The molecule has 1 N–H and O–H groups in total. The summed E-state index contributed by atoms with van der Waals surface area (Å²) >= 11 is 11.5. The topological polar surface area (TPSA) is 21.3 Å². The smallest absolute Gasteiger partial charge is 0.122 e. The van der Waals surface area contributed by atoms with Gasteiger partial charge < -0.3 is 10.1 Å². The third-order valence-electron chi connectivity index (χ3n) is 3.27. The van der Waals surface area contributed by atoms with Crippen molar-refractivity contribution in [2.24, 2.45) is 0 Å². The lowest BCUT2D eigenvalue weighted by Gasteiger charge is -2.19. The number of methoxy groups -OCH3 is 1. The van der Waals surface area contributed by atoms with Gasteiger partial charge >= 0.3 is 0 Å². The number of hydrogen-bond acceptors (Lipinski definition) is 3. The van der Waals surface area contributed by atoms with Crippen LogP contribution < -0.4 is 10.1 Å². The maximum Gasteiger partial charge on any atom is 0.122 e. The van der Waals surface area contributed by atoms with Crippen molar-refractivity contribution in [3.63, 3.8) is 0 Å². The molecule has 1 heterocycles. The molecule has 2 nitrogen and oxygen atoms in total. The Morgan fingerprint density at radius 2 is 2.19 bits per heavy atom. The fraction of sp³-hybridized carbons (Fsp3) is 0.375. The van der Waals surface area contributed by atoms with Gasteiger partial charge in [0.15, 0.2) is 0 Å². The fourth-order valence-electron chi connectivity index (χ4n) is 2.26. The van der Waals surface area contributed by atoms with E-state index in [9.17, 15) is 0 Å². The maximum absolute atomic E-state index is 6.31. The zero-order valence-electron chi connectivity index (χ0n) is 12.2. The van der Waals surface area contributed by atoms with Crippen molar-refractivity contribution in [3.05, 3.63) is 49.6 Å². The van der Waals surface area contributed by atoms with Crippen LogP contribution >= 0.6 is 38.9 Å². The Morgan fingerprint density at radius 1 is 1.38 bits per heavy atom. The molecule has 0 aliphatic rings. The monoisotopic (exact) mass is 387 g/mol. The summed E-state index contributed by atoms with van der Waals surface area (Å²) in [5.41, 5.74) is 1.17. The van der Waals surface area contributed by atoms with E-state index in [1.165, 1.54) is 10.4 Å². The van der Waals surface area contributed by atoms with Crippen molar-refractivity contribution in [1.29, 1.82) is 0 Å². The predicted molar refractivity (Wildman–Crippen MR) is 94.8 cm³/mol. The SMILES string of the molecule is CCCNC(Cc1cc(Br)ccc1OC)c1sccc1Cl. The van der Waals surface area contributed by atoms with Gasteiger partial charge in [0.05, 0.1) is 12.1 Å². The molecule has 2 rings (SSSR count). The molecule has 0 fully saturated rings. The number of rotatable bonds is 7. The second-order valence-electron chi connectivity index (χ2n) is 4.80. The summed E-state index contributed by atoms with van der Waals surface area (Å²) in [6.07, 6.45) is 1.94. The molecule has 2 aromatic rings. The molecule has 0 radical (unpaired) electrons. The Balaban J connectivity index is 2.26. The van der Waals surface area contributed by atoms with E-state index in [4.69, 9.17) is 16.3 Å². The first-order valence-corrected chi connectivity index (χ1v) is 8.99. The summed E-state index contributed by atoms with van der Waals surface area (Å²) in [5, 5.41) is 6.46. The van der Waals surface area contributed by atoms with Crippen LogP contribution in [0.3, 0.4) is 0 Å². The van der Waals surface area contributed by atoms with Crippen LogP contribution in [0.2, 0.25) is 5.02 Å². The minimum absolute atomic E-state index is 0.209. The molecule has 1 aromatic carbocycles. The molecule has 1 unspecified atom stereocenters. The van der Waals surface area contributed by atoms with E-state index in [0.29, 0.717) is 0 Å².